The van der Waals surface area contributed by atoms with E-state index in [-0.39, 0.29) is 18.3 Å². The highest BCUT2D eigenvalue weighted by Crippen LogP contribution is 2.19. The first kappa shape index (κ1) is 16.2. The fourth-order valence-electron chi connectivity index (χ4n) is 2.04. The summed E-state index contributed by atoms with van der Waals surface area (Å²) in [5, 5.41) is 4.95. The lowest BCUT2D eigenvalue weighted by molar-refractivity contribution is -0.120. The van der Waals surface area contributed by atoms with Crippen LogP contribution in [0.15, 0.2) is 18.2 Å². The van der Waals surface area contributed by atoms with E-state index in [0.29, 0.717) is 6.54 Å². The fraction of sp³-hybridized carbons (Fsp3) is 0.467. The van der Waals surface area contributed by atoms with Gasteiger partial charge in [0.25, 0.3) is 0 Å². The van der Waals surface area contributed by atoms with Gasteiger partial charge < -0.3 is 10.1 Å². The molecule has 2 N–H and O–H groups in total. The van der Waals surface area contributed by atoms with Crippen LogP contribution in [-0.4, -0.2) is 43.6 Å². The third kappa shape index (κ3) is 5.00. The zero-order valence-electron chi connectivity index (χ0n) is 12.7. The molecule has 1 aliphatic rings. The Morgan fingerprint density at radius 1 is 1.41 bits per heavy atom. The summed E-state index contributed by atoms with van der Waals surface area (Å²) in [5.74, 6) is -0.655. The van der Waals surface area contributed by atoms with Crippen LogP contribution in [0.25, 0.3) is 0 Å². The van der Waals surface area contributed by atoms with E-state index < -0.39 is 17.8 Å². The highest BCUT2D eigenvalue weighted by Gasteiger charge is 2.24. The largest absolute Gasteiger partial charge is 0.494 e. The third-order valence-electron chi connectivity index (χ3n) is 3.25. The molecule has 1 aliphatic carbocycles. The van der Waals surface area contributed by atoms with Crippen molar-refractivity contribution in [3.63, 3.8) is 0 Å². The maximum atomic E-state index is 13.6. The van der Waals surface area contributed by atoms with Gasteiger partial charge >= 0.3 is 6.03 Å². The number of halogens is 1. The van der Waals surface area contributed by atoms with E-state index in [1.807, 2.05) is 0 Å². The lowest BCUT2D eigenvalue weighted by Crippen LogP contribution is -2.44. The van der Waals surface area contributed by atoms with E-state index in [1.54, 1.807) is 24.1 Å². The van der Waals surface area contributed by atoms with Crippen LogP contribution in [-0.2, 0) is 11.3 Å². The maximum absolute atomic E-state index is 13.6. The number of benzene rings is 1. The van der Waals surface area contributed by atoms with Crippen molar-refractivity contribution in [3.05, 3.63) is 29.6 Å². The minimum absolute atomic E-state index is 0.0474. The van der Waals surface area contributed by atoms with Gasteiger partial charge in [-0.3, -0.25) is 15.0 Å². The van der Waals surface area contributed by atoms with Crippen LogP contribution >= 0.6 is 0 Å². The molecule has 0 saturated heterocycles. The van der Waals surface area contributed by atoms with Crippen LogP contribution in [0.4, 0.5) is 9.18 Å². The zero-order valence-corrected chi connectivity index (χ0v) is 12.7. The number of likely N-dealkylation sites (N-methyl/N-ethyl adjacent to an activating group) is 1. The normalized spacial score (nSPS) is 13.8. The average Bonchev–Trinajstić information content (AvgIpc) is 3.22. The fourth-order valence-corrected chi connectivity index (χ4v) is 2.04. The lowest BCUT2D eigenvalue weighted by Gasteiger charge is -2.16. The Labute approximate surface area is 128 Å². The van der Waals surface area contributed by atoms with Crippen LogP contribution in [0.3, 0.4) is 0 Å². The monoisotopic (exact) mass is 309 g/mol. The molecule has 3 amide bonds. The first-order valence-corrected chi connectivity index (χ1v) is 7.09. The second-order valence-corrected chi connectivity index (χ2v) is 5.44. The highest BCUT2D eigenvalue weighted by molar-refractivity contribution is 5.95. The van der Waals surface area contributed by atoms with E-state index in [0.717, 1.165) is 18.4 Å². The van der Waals surface area contributed by atoms with Gasteiger partial charge in [-0.05, 0) is 37.6 Å². The number of nitrogens with zero attached hydrogens (tertiary/aromatic N) is 1. The number of carbonyl (C=O) groups excluding carboxylic acids is 2. The van der Waals surface area contributed by atoms with Crippen molar-refractivity contribution < 1.29 is 18.7 Å². The summed E-state index contributed by atoms with van der Waals surface area (Å²) in [6.07, 6.45) is 1.93. The molecule has 0 unspecified atom stereocenters. The molecule has 0 spiro atoms. The van der Waals surface area contributed by atoms with Gasteiger partial charge in [0, 0.05) is 12.6 Å². The number of carbonyl (C=O) groups is 2. The molecule has 0 aliphatic heterocycles. The molecular formula is C15H20FN3O3. The minimum Gasteiger partial charge on any atom is -0.494 e. The Morgan fingerprint density at radius 3 is 2.73 bits per heavy atom. The molecule has 120 valence electrons. The van der Waals surface area contributed by atoms with Crippen LogP contribution < -0.4 is 15.4 Å². The van der Waals surface area contributed by atoms with E-state index >= 15 is 0 Å². The van der Waals surface area contributed by atoms with E-state index in [2.05, 4.69) is 10.6 Å². The quantitative estimate of drug-likeness (QED) is 0.830. The van der Waals surface area contributed by atoms with Crippen molar-refractivity contribution in [1.82, 2.24) is 15.5 Å². The standard InChI is InChI=1S/C15H20FN3O3/c1-19(8-10-3-6-13(22-2)12(16)7-10)9-14(20)18-15(21)17-11-4-5-11/h3,6-7,11H,4-5,8-9H2,1-2H3,(H2,17,18,20,21). The number of ether oxygens (including phenoxy) is 1. The molecule has 0 bridgehead atoms. The first-order valence-electron chi connectivity index (χ1n) is 7.09. The smallest absolute Gasteiger partial charge is 0.321 e. The molecule has 1 saturated carbocycles. The Balaban J connectivity index is 1.78. The Bertz CT molecular complexity index is 561. The molecule has 1 aromatic rings. The number of methoxy groups -OCH3 is 1. The minimum atomic E-state index is -0.462. The first-order chi connectivity index (χ1) is 10.5. The topological polar surface area (TPSA) is 70.7 Å². The second kappa shape index (κ2) is 7.22. The van der Waals surface area contributed by atoms with Crippen molar-refractivity contribution in [3.8, 4) is 5.75 Å². The molecular weight excluding hydrogens is 289 g/mol. The Kier molecular flexibility index (Phi) is 5.32. The van der Waals surface area contributed by atoms with Gasteiger partial charge in [0.15, 0.2) is 11.6 Å². The highest BCUT2D eigenvalue weighted by atomic mass is 19.1. The summed E-state index contributed by atoms with van der Waals surface area (Å²) in [7, 11) is 3.13. The van der Waals surface area contributed by atoms with Crippen molar-refractivity contribution in [1.29, 1.82) is 0 Å². The van der Waals surface area contributed by atoms with Gasteiger partial charge in [-0.15, -0.1) is 0 Å². The molecule has 1 aromatic carbocycles. The number of rotatable bonds is 6. The summed E-state index contributed by atoms with van der Waals surface area (Å²) in [5.41, 5.74) is 0.719. The number of nitrogens with one attached hydrogen (secondary N) is 2. The van der Waals surface area contributed by atoms with Gasteiger partial charge in [0.2, 0.25) is 5.91 Å². The van der Waals surface area contributed by atoms with Crippen molar-refractivity contribution in [2.45, 2.75) is 25.4 Å². The maximum Gasteiger partial charge on any atom is 0.321 e. The van der Waals surface area contributed by atoms with Gasteiger partial charge in [-0.1, -0.05) is 6.07 Å². The molecule has 0 radical (unpaired) electrons. The molecule has 2 rings (SSSR count). The molecule has 0 atom stereocenters. The van der Waals surface area contributed by atoms with Crippen molar-refractivity contribution in [2.24, 2.45) is 0 Å². The van der Waals surface area contributed by atoms with Crippen molar-refractivity contribution >= 4 is 11.9 Å². The summed E-state index contributed by atoms with van der Waals surface area (Å²) in [4.78, 5) is 24.8. The number of amides is 3. The predicted octanol–water partition coefficient (Wildman–Crippen LogP) is 1.25. The summed E-state index contributed by atoms with van der Waals surface area (Å²) in [6.45, 7) is 0.435. The van der Waals surface area contributed by atoms with Gasteiger partial charge in [0.05, 0.1) is 13.7 Å². The number of hydrogen-bond acceptors (Lipinski definition) is 4. The van der Waals surface area contributed by atoms with Crippen molar-refractivity contribution in [2.75, 3.05) is 20.7 Å². The zero-order chi connectivity index (χ0) is 16.1. The van der Waals surface area contributed by atoms with Crippen LogP contribution in [0.5, 0.6) is 5.75 Å². The second-order valence-electron chi connectivity index (χ2n) is 5.44. The number of imide groups is 1. The van der Waals surface area contributed by atoms with Gasteiger partial charge in [0.1, 0.15) is 0 Å². The number of urea groups is 1. The summed E-state index contributed by atoms with van der Waals surface area (Å²) < 4.78 is 18.4. The molecule has 6 nitrogen and oxygen atoms in total. The predicted molar refractivity (Wildman–Crippen MR) is 79.0 cm³/mol. The summed E-state index contributed by atoms with van der Waals surface area (Å²) >= 11 is 0. The van der Waals surface area contributed by atoms with E-state index in [1.165, 1.54) is 13.2 Å². The molecule has 1 fully saturated rings. The molecule has 0 aromatic heterocycles. The average molecular weight is 309 g/mol. The number of hydrogen-bond donors (Lipinski definition) is 2. The molecule has 0 heterocycles. The Hall–Kier alpha value is -2.15. The van der Waals surface area contributed by atoms with Crippen LogP contribution in [0.2, 0.25) is 0 Å². The van der Waals surface area contributed by atoms with Gasteiger partial charge in [-0.2, -0.15) is 0 Å². The van der Waals surface area contributed by atoms with E-state index in [4.69, 9.17) is 4.74 Å². The third-order valence-corrected chi connectivity index (χ3v) is 3.25. The molecule has 22 heavy (non-hydrogen) atoms. The SMILES string of the molecule is COc1ccc(CN(C)CC(=O)NC(=O)NC2CC2)cc1F. The van der Waals surface area contributed by atoms with Crippen LogP contribution in [0, 0.1) is 5.82 Å². The van der Waals surface area contributed by atoms with Crippen LogP contribution in [0.1, 0.15) is 18.4 Å². The van der Waals surface area contributed by atoms with Gasteiger partial charge in [-0.25, -0.2) is 9.18 Å². The lowest BCUT2D eigenvalue weighted by atomic mass is 10.2. The Morgan fingerprint density at radius 2 is 2.14 bits per heavy atom. The van der Waals surface area contributed by atoms with E-state index in [9.17, 15) is 14.0 Å². The molecule has 7 heteroatoms. The summed E-state index contributed by atoms with van der Waals surface area (Å²) in [6, 6.07) is 4.38.